The monoisotopic (exact) mass is 417 g/mol. The number of amides is 2. The van der Waals surface area contributed by atoms with Gasteiger partial charge in [-0.15, -0.1) is 0 Å². The maximum absolute atomic E-state index is 12.1. The second kappa shape index (κ2) is 10.7. The van der Waals surface area contributed by atoms with Crippen LogP contribution < -0.4 is 15.4 Å². The Hall–Kier alpha value is -2.71. The summed E-state index contributed by atoms with van der Waals surface area (Å²) >= 11 is 0. The van der Waals surface area contributed by atoms with Gasteiger partial charge in [0.15, 0.2) is 0 Å². The van der Waals surface area contributed by atoms with E-state index in [1.807, 2.05) is 30.3 Å². The Morgan fingerprint density at radius 2 is 1.59 bits per heavy atom. The Bertz CT molecular complexity index is 911. The molecular formula is C21H27N3O4S. The molecule has 0 aromatic heterocycles. The lowest BCUT2D eigenvalue weighted by atomic mass is 10.1. The summed E-state index contributed by atoms with van der Waals surface area (Å²) in [6.07, 6.45) is 0.433. The molecule has 0 aliphatic rings. The van der Waals surface area contributed by atoms with Crippen LogP contribution in [0.3, 0.4) is 0 Å². The van der Waals surface area contributed by atoms with E-state index in [-0.39, 0.29) is 36.6 Å². The van der Waals surface area contributed by atoms with Gasteiger partial charge in [0.2, 0.25) is 15.9 Å². The van der Waals surface area contributed by atoms with Gasteiger partial charge in [-0.05, 0) is 36.2 Å². The topological polar surface area (TPSA) is 104 Å². The second-order valence-electron chi connectivity index (χ2n) is 6.93. The Labute approximate surface area is 172 Å². The minimum Gasteiger partial charge on any atom is -0.351 e. The van der Waals surface area contributed by atoms with Gasteiger partial charge in [0.1, 0.15) is 0 Å². The summed E-state index contributed by atoms with van der Waals surface area (Å²) in [6.45, 7) is 3.89. The first kappa shape index (κ1) is 22.6. The normalized spacial score (nSPS) is 11.3. The first-order chi connectivity index (χ1) is 13.8. The molecule has 2 rings (SSSR count). The largest absolute Gasteiger partial charge is 0.351 e. The number of hydrogen-bond donors (Lipinski definition) is 3. The van der Waals surface area contributed by atoms with Gasteiger partial charge >= 0.3 is 0 Å². The fourth-order valence-corrected chi connectivity index (χ4v) is 3.51. The van der Waals surface area contributed by atoms with Crippen LogP contribution in [0.15, 0.2) is 54.6 Å². The molecule has 2 amide bonds. The van der Waals surface area contributed by atoms with Crippen LogP contribution in [0.2, 0.25) is 0 Å². The third kappa shape index (κ3) is 8.05. The van der Waals surface area contributed by atoms with Crippen LogP contribution in [-0.2, 0) is 21.2 Å². The van der Waals surface area contributed by atoms with Crippen molar-refractivity contribution in [2.75, 3.05) is 24.2 Å². The number of aryl methyl sites for hydroxylation is 1. The highest BCUT2D eigenvalue weighted by Crippen LogP contribution is 2.11. The fraction of sp³-hybridized carbons (Fsp3) is 0.333. The molecule has 0 atom stereocenters. The van der Waals surface area contributed by atoms with Crippen LogP contribution in [-0.4, -0.2) is 39.1 Å². The van der Waals surface area contributed by atoms with E-state index in [1.165, 1.54) is 0 Å². The number of carbonyl (C=O) groups excluding carboxylic acids is 2. The van der Waals surface area contributed by atoms with Crippen molar-refractivity contribution in [1.29, 1.82) is 0 Å². The minimum absolute atomic E-state index is 0.00544. The van der Waals surface area contributed by atoms with Gasteiger partial charge < -0.3 is 10.6 Å². The van der Waals surface area contributed by atoms with Crippen molar-refractivity contribution in [1.82, 2.24) is 10.0 Å². The van der Waals surface area contributed by atoms with Crippen LogP contribution in [0.25, 0.3) is 0 Å². The van der Waals surface area contributed by atoms with E-state index in [0.717, 1.165) is 5.56 Å². The van der Waals surface area contributed by atoms with Crippen molar-refractivity contribution in [2.24, 2.45) is 5.92 Å². The molecule has 0 saturated heterocycles. The number of rotatable bonds is 10. The van der Waals surface area contributed by atoms with Crippen LogP contribution >= 0.6 is 0 Å². The number of sulfonamides is 1. The highest BCUT2D eigenvalue weighted by Gasteiger charge is 2.11. The van der Waals surface area contributed by atoms with E-state index < -0.39 is 10.0 Å². The Morgan fingerprint density at radius 3 is 2.21 bits per heavy atom. The first-order valence-electron chi connectivity index (χ1n) is 9.47. The number of nitrogens with one attached hydrogen (secondary N) is 3. The van der Waals surface area contributed by atoms with E-state index >= 15 is 0 Å². The molecule has 156 valence electrons. The maximum Gasteiger partial charge on any atom is 0.251 e. The van der Waals surface area contributed by atoms with Crippen molar-refractivity contribution in [3.05, 3.63) is 65.7 Å². The smallest absolute Gasteiger partial charge is 0.251 e. The quantitative estimate of drug-likeness (QED) is 0.515. The van der Waals surface area contributed by atoms with Crippen molar-refractivity contribution in [2.45, 2.75) is 20.3 Å². The Balaban J connectivity index is 1.72. The molecule has 0 radical (unpaired) electrons. The van der Waals surface area contributed by atoms with Crippen LogP contribution in [0.5, 0.6) is 0 Å². The maximum atomic E-state index is 12.1. The summed E-state index contributed by atoms with van der Waals surface area (Å²) < 4.78 is 26.6. The van der Waals surface area contributed by atoms with E-state index in [9.17, 15) is 18.0 Å². The van der Waals surface area contributed by atoms with Gasteiger partial charge in [-0.25, -0.2) is 13.1 Å². The molecular weight excluding hydrogens is 390 g/mol. The standard InChI is InChI=1S/C21H27N3O4S/c1-16(2)20(25)24-19-10-8-18(9-11-19)21(26)22-13-14-23-29(27,28)15-12-17-6-4-3-5-7-17/h3-11,16,23H,12-15H2,1-2H3,(H,22,26)(H,24,25). The summed E-state index contributed by atoms with van der Waals surface area (Å²) in [4.78, 5) is 23.8. The van der Waals surface area contributed by atoms with Crippen LogP contribution in [0.1, 0.15) is 29.8 Å². The predicted octanol–water partition coefficient (Wildman–Crippen LogP) is 2.17. The van der Waals surface area contributed by atoms with Gasteiger partial charge in [0.05, 0.1) is 5.75 Å². The molecule has 29 heavy (non-hydrogen) atoms. The molecule has 0 spiro atoms. The molecule has 0 saturated carbocycles. The van der Waals surface area contributed by atoms with E-state index in [2.05, 4.69) is 15.4 Å². The summed E-state index contributed by atoms with van der Waals surface area (Å²) in [5.41, 5.74) is 2.00. The molecule has 8 heteroatoms. The summed E-state index contributed by atoms with van der Waals surface area (Å²) in [7, 11) is -3.41. The third-order valence-electron chi connectivity index (χ3n) is 4.17. The molecule has 0 heterocycles. The van der Waals surface area contributed by atoms with E-state index in [4.69, 9.17) is 0 Å². The summed E-state index contributed by atoms with van der Waals surface area (Å²) in [5, 5.41) is 5.42. The summed E-state index contributed by atoms with van der Waals surface area (Å²) in [5.74, 6) is -0.541. The number of benzene rings is 2. The zero-order valence-electron chi connectivity index (χ0n) is 16.6. The molecule has 2 aromatic rings. The zero-order valence-corrected chi connectivity index (χ0v) is 17.5. The zero-order chi connectivity index (χ0) is 21.3. The number of anilines is 1. The van der Waals surface area contributed by atoms with Crippen LogP contribution in [0.4, 0.5) is 5.69 Å². The third-order valence-corrected chi connectivity index (χ3v) is 5.56. The lowest BCUT2D eigenvalue weighted by molar-refractivity contribution is -0.118. The molecule has 0 unspecified atom stereocenters. The van der Waals surface area contributed by atoms with Crippen molar-refractivity contribution in [3.63, 3.8) is 0 Å². The molecule has 0 aliphatic carbocycles. The van der Waals surface area contributed by atoms with Crippen molar-refractivity contribution in [3.8, 4) is 0 Å². The average Bonchev–Trinajstić information content (AvgIpc) is 2.71. The average molecular weight is 418 g/mol. The Morgan fingerprint density at radius 1 is 0.931 bits per heavy atom. The number of carbonyl (C=O) groups is 2. The SMILES string of the molecule is CC(C)C(=O)Nc1ccc(C(=O)NCCNS(=O)(=O)CCc2ccccc2)cc1. The molecule has 3 N–H and O–H groups in total. The summed E-state index contributed by atoms with van der Waals surface area (Å²) in [6, 6.07) is 15.9. The van der Waals surface area contributed by atoms with Gasteiger partial charge in [-0.2, -0.15) is 0 Å². The molecule has 0 fully saturated rings. The van der Waals surface area contributed by atoms with Crippen molar-refractivity contribution >= 4 is 27.5 Å². The van der Waals surface area contributed by atoms with E-state index in [1.54, 1.807) is 38.1 Å². The number of hydrogen-bond acceptors (Lipinski definition) is 4. The van der Waals surface area contributed by atoms with Gasteiger partial charge in [-0.1, -0.05) is 44.2 Å². The van der Waals surface area contributed by atoms with Crippen molar-refractivity contribution < 1.29 is 18.0 Å². The Kier molecular flexibility index (Phi) is 8.35. The lowest BCUT2D eigenvalue weighted by Gasteiger charge is -2.10. The molecule has 7 nitrogen and oxygen atoms in total. The molecule has 0 bridgehead atoms. The first-order valence-corrected chi connectivity index (χ1v) is 11.1. The highest BCUT2D eigenvalue weighted by atomic mass is 32.2. The second-order valence-corrected chi connectivity index (χ2v) is 8.85. The van der Waals surface area contributed by atoms with Crippen LogP contribution in [0, 0.1) is 5.92 Å². The van der Waals surface area contributed by atoms with Gasteiger partial charge in [0, 0.05) is 30.3 Å². The minimum atomic E-state index is -3.41. The lowest BCUT2D eigenvalue weighted by Crippen LogP contribution is -2.36. The molecule has 2 aromatic carbocycles. The predicted molar refractivity (Wildman–Crippen MR) is 114 cm³/mol. The highest BCUT2D eigenvalue weighted by molar-refractivity contribution is 7.89. The van der Waals surface area contributed by atoms with E-state index in [0.29, 0.717) is 17.7 Å². The van der Waals surface area contributed by atoms with Gasteiger partial charge in [-0.3, -0.25) is 9.59 Å². The fourth-order valence-electron chi connectivity index (χ4n) is 2.45. The van der Waals surface area contributed by atoms with Gasteiger partial charge in [0.25, 0.3) is 5.91 Å². The molecule has 0 aliphatic heterocycles.